The summed E-state index contributed by atoms with van der Waals surface area (Å²) in [4.78, 5) is 2.53. The molecule has 2 saturated heterocycles. The van der Waals surface area contributed by atoms with Gasteiger partial charge in [-0.05, 0) is 11.8 Å². The lowest BCUT2D eigenvalue weighted by atomic mass is 9.84. The lowest BCUT2D eigenvalue weighted by Gasteiger charge is -2.46. The minimum absolute atomic E-state index is 0.451. The fourth-order valence-corrected chi connectivity index (χ4v) is 2.45. The lowest BCUT2D eigenvalue weighted by Crippen LogP contribution is -2.53. The van der Waals surface area contributed by atoms with E-state index in [1.807, 2.05) is 0 Å². The molecule has 0 bridgehead atoms. The third-order valence-electron chi connectivity index (χ3n) is 3.07. The quantitative estimate of drug-likeness (QED) is 0.723. The van der Waals surface area contributed by atoms with Gasteiger partial charge in [0.1, 0.15) is 0 Å². The molecule has 2 aliphatic rings. The molecule has 2 heterocycles. The first-order valence-corrected chi connectivity index (χ1v) is 5.70. The van der Waals surface area contributed by atoms with Crippen molar-refractivity contribution in [1.82, 2.24) is 10.2 Å². The van der Waals surface area contributed by atoms with Crippen molar-refractivity contribution < 1.29 is 4.74 Å². The molecule has 0 aliphatic carbocycles. The Morgan fingerprint density at radius 3 is 2.79 bits per heavy atom. The number of rotatable bonds is 3. The Morgan fingerprint density at radius 2 is 2.21 bits per heavy atom. The van der Waals surface area contributed by atoms with Crippen molar-refractivity contribution in [3.05, 3.63) is 0 Å². The molecular weight excluding hydrogens is 176 g/mol. The van der Waals surface area contributed by atoms with Crippen LogP contribution in [0, 0.1) is 5.41 Å². The number of morpholine rings is 1. The SMILES string of the molecule is CC1(C)CN(CCC2CNCCO2)C1. The maximum Gasteiger partial charge on any atom is 0.0712 e. The molecule has 14 heavy (non-hydrogen) atoms. The largest absolute Gasteiger partial charge is 0.376 e. The molecule has 0 aromatic heterocycles. The summed E-state index contributed by atoms with van der Waals surface area (Å²) in [6.07, 6.45) is 1.63. The van der Waals surface area contributed by atoms with Gasteiger partial charge in [0.05, 0.1) is 12.7 Å². The smallest absolute Gasteiger partial charge is 0.0712 e. The Bertz CT molecular complexity index is 180. The van der Waals surface area contributed by atoms with E-state index >= 15 is 0 Å². The summed E-state index contributed by atoms with van der Waals surface area (Å²) in [6, 6.07) is 0. The molecule has 1 unspecified atom stereocenters. The van der Waals surface area contributed by atoms with Crippen LogP contribution in [0.1, 0.15) is 20.3 Å². The maximum absolute atomic E-state index is 5.66. The number of ether oxygens (including phenoxy) is 1. The average molecular weight is 198 g/mol. The second-order valence-corrected chi connectivity index (χ2v) is 5.36. The lowest BCUT2D eigenvalue weighted by molar-refractivity contribution is -0.0108. The van der Waals surface area contributed by atoms with Gasteiger partial charge in [-0.15, -0.1) is 0 Å². The van der Waals surface area contributed by atoms with Crippen LogP contribution in [0.5, 0.6) is 0 Å². The van der Waals surface area contributed by atoms with Crippen LogP contribution in [-0.2, 0) is 4.74 Å². The van der Waals surface area contributed by atoms with E-state index in [1.54, 1.807) is 0 Å². The van der Waals surface area contributed by atoms with Crippen LogP contribution < -0.4 is 5.32 Å². The summed E-state index contributed by atoms with van der Waals surface area (Å²) in [5.74, 6) is 0. The van der Waals surface area contributed by atoms with Gasteiger partial charge in [0.2, 0.25) is 0 Å². The first-order valence-electron chi connectivity index (χ1n) is 5.70. The van der Waals surface area contributed by atoms with Crippen LogP contribution in [0.15, 0.2) is 0 Å². The Kier molecular flexibility index (Phi) is 3.10. The van der Waals surface area contributed by atoms with Gasteiger partial charge < -0.3 is 15.0 Å². The first-order chi connectivity index (χ1) is 6.66. The van der Waals surface area contributed by atoms with Crippen LogP contribution in [-0.4, -0.2) is 50.3 Å². The number of hydrogen-bond acceptors (Lipinski definition) is 3. The molecular formula is C11H22N2O. The third-order valence-corrected chi connectivity index (χ3v) is 3.07. The van der Waals surface area contributed by atoms with Crippen LogP contribution >= 0.6 is 0 Å². The number of nitrogens with zero attached hydrogens (tertiary/aromatic N) is 1. The van der Waals surface area contributed by atoms with Gasteiger partial charge in [-0.25, -0.2) is 0 Å². The van der Waals surface area contributed by atoms with Gasteiger partial charge in [-0.1, -0.05) is 13.8 Å². The number of hydrogen-bond donors (Lipinski definition) is 1. The number of likely N-dealkylation sites (tertiary alicyclic amines) is 1. The molecule has 82 valence electrons. The molecule has 0 aromatic carbocycles. The summed E-state index contributed by atoms with van der Waals surface area (Å²) < 4.78 is 5.66. The standard InChI is InChI=1S/C11H22N2O/c1-11(2)8-13(9-11)5-3-10-7-12-4-6-14-10/h10,12H,3-9H2,1-2H3. The second-order valence-electron chi connectivity index (χ2n) is 5.36. The van der Waals surface area contributed by atoms with Crippen LogP contribution in [0.3, 0.4) is 0 Å². The van der Waals surface area contributed by atoms with E-state index < -0.39 is 0 Å². The zero-order chi connectivity index (χ0) is 10.0. The van der Waals surface area contributed by atoms with Gasteiger partial charge in [-0.3, -0.25) is 0 Å². The highest BCUT2D eigenvalue weighted by Gasteiger charge is 2.33. The van der Waals surface area contributed by atoms with Crippen molar-refractivity contribution >= 4 is 0 Å². The van der Waals surface area contributed by atoms with Crippen LogP contribution in [0.2, 0.25) is 0 Å². The third kappa shape index (κ3) is 2.69. The van der Waals surface area contributed by atoms with Crippen molar-refractivity contribution in [2.24, 2.45) is 5.41 Å². The monoisotopic (exact) mass is 198 g/mol. The Hall–Kier alpha value is -0.120. The molecule has 1 N–H and O–H groups in total. The predicted octanol–water partition coefficient (Wildman–Crippen LogP) is 0.707. The molecule has 0 amide bonds. The van der Waals surface area contributed by atoms with Crippen LogP contribution in [0.4, 0.5) is 0 Å². The van der Waals surface area contributed by atoms with E-state index in [4.69, 9.17) is 4.74 Å². The van der Waals surface area contributed by atoms with Crippen molar-refractivity contribution in [3.8, 4) is 0 Å². The van der Waals surface area contributed by atoms with Crippen molar-refractivity contribution in [2.75, 3.05) is 39.3 Å². The minimum atomic E-state index is 0.451. The normalized spacial score (nSPS) is 32.6. The van der Waals surface area contributed by atoms with Gasteiger partial charge in [0.25, 0.3) is 0 Å². The van der Waals surface area contributed by atoms with E-state index in [1.165, 1.54) is 26.1 Å². The summed E-state index contributed by atoms with van der Waals surface area (Å²) in [5.41, 5.74) is 0.561. The van der Waals surface area contributed by atoms with Crippen molar-refractivity contribution in [3.63, 3.8) is 0 Å². The zero-order valence-electron chi connectivity index (χ0n) is 9.38. The fourth-order valence-electron chi connectivity index (χ4n) is 2.45. The highest BCUT2D eigenvalue weighted by molar-refractivity contribution is 4.87. The number of nitrogens with one attached hydrogen (secondary N) is 1. The van der Waals surface area contributed by atoms with Gasteiger partial charge >= 0.3 is 0 Å². The fraction of sp³-hybridized carbons (Fsp3) is 1.00. The van der Waals surface area contributed by atoms with E-state index in [2.05, 4.69) is 24.1 Å². The second kappa shape index (κ2) is 4.17. The highest BCUT2D eigenvalue weighted by Crippen LogP contribution is 2.28. The summed E-state index contributed by atoms with van der Waals surface area (Å²) in [5, 5.41) is 3.37. The summed E-state index contributed by atoms with van der Waals surface area (Å²) in [7, 11) is 0. The van der Waals surface area contributed by atoms with Gasteiger partial charge in [0, 0.05) is 32.7 Å². The van der Waals surface area contributed by atoms with E-state index in [-0.39, 0.29) is 0 Å². The van der Waals surface area contributed by atoms with Crippen molar-refractivity contribution in [1.29, 1.82) is 0 Å². The van der Waals surface area contributed by atoms with E-state index in [0.29, 0.717) is 11.5 Å². The minimum Gasteiger partial charge on any atom is -0.376 e. The maximum atomic E-state index is 5.66. The highest BCUT2D eigenvalue weighted by atomic mass is 16.5. The van der Waals surface area contributed by atoms with Gasteiger partial charge in [-0.2, -0.15) is 0 Å². The Balaban J connectivity index is 1.59. The topological polar surface area (TPSA) is 24.5 Å². The van der Waals surface area contributed by atoms with Crippen LogP contribution in [0.25, 0.3) is 0 Å². The molecule has 0 spiro atoms. The Morgan fingerprint density at radius 1 is 1.43 bits per heavy atom. The molecule has 0 aromatic rings. The average Bonchev–Trinajstić information content (AvgIpc) is 2.13. The van der Waals surface area contributed by atoms with Crippen molar-refractivity contribution in [2.45, 2.75) is 26.4 Å². The summed E-state index contributed by atoms with van der Waals surface area (Å²) >= 11 is 0. The Labute approximate surface area is 86.8 Å². The molecule has 0 radical (unpaired) electrons. The predicted molar refractivity (Wildman–Crippen MR) is 57.4 cm³/mol. The van der Waals surface area contributed by atoms with E-state index in [0.717, 1.165) is 19.7 Å². The van der Waals surface area contributed by atoms with Gasteiger partial charge in [0.15, 0.2) is 0 Å². The zero-order valence-corrected chi connectivity index (χ0v) is 9.38. The molecule has 2 fully saturated rings. The molecule has 2 aliphatic heterocycles. The first kappa shape index (κ1) is 10.4. The molecule has 3 nitrogen and oxygen atoms in total. The van der Waals surface area contributed by atoms with E-state index in [9.17, 15) is 0 Å². The molecule has 0 saturated carbocycles. The molecule has 1 atom stereocenters. The molecule has 2 rings (SSSR count). The summed E-state index contributed by atoms with van der Waals surface area (Å²) in [6.45, 7) is 11.3. The molecule has 3 heteroatoms.